The van der Waals surface area contributed by atoms with Crippen molar-refractivity contribution in [1.82, 2.24) is 0 Å². The van der Waals surface area contributed by atoms with Gasteiger partial charge in [0.05, 0.1) is 0 Å². The third-order valence-electron chi connectivity index (χ3n) is 4.26. The summed E-state index contributed by atoms with van der Waals surface area (Å²) in [6.07, 6.45) is 7.47. The predicted octanol–water partition coefficient (Wildman–Crippen LogP) is 5.23. The Morgan fingerprint density at radius 1 is 1.33 bits per heavy atom. The summed E-state index contributed by atoms with van der Waals surface area (Å²) in [5, 5.41) is 0.282. The minimum atomic E-state index is -1.65. The van der Waals surface area contributed by atoms with Crippen molar-refractivity contribution >= 4 is 8.32 Å². The van der Waals surface area contributed by atoms with Crippen molar-refractivity contribution in [1.29, 1.82) is 0 Å². The van der Waals surface area contributed by atoms with Crippen LogP contribution >= 0.6 is 0 Å². The summed E-state index contributed by atoms with van der Waals surface area (Å²) in [7, 11) is -1.65. The molecule has 0 aliphatic heterocycles. The third kappa shape index (κ3) is 3.69. The second-order valence-electron chi connectivity index (χ2n) is 6.77. The van der Waals surface area contributed by atoms with E-state index in [-0.39, 0.29) is 5.04 Å². The molecule has 1 aliphatic carbocycles. The smallest absolute Gasteiger partial charge is 0.192 e. The van der Waals surface area contributed by atoms with E-state index in [1.807, 2.05) is 6.08 Å². The maximum absolute atomic E-state index is 6.49. The van der Waals surface area contributed by atoms with E-state index in [9.17, 15) is 0 Å². The topological polar surface area (TPSA) is 9.23 Å². The van der Waals surface area contributed by atoms with Gasteiger partial charge in [0.1, 0.15) is 0 Å². The third-order valence-corrected chi connectivity index (χ3v) is 8.79. The zero-order valence-electron chi connectivity index (χ0n) is 12.7. The lowest BCUT2D eigenvalue weighted by atomic mass is 9.88. The van der Waals surface area contributed by atoms with E-state index in [0.29, 0.717) is 6.10 Å². The van der Waals surface area contributed by atoms with E-state index < -0.39 is 8.32 Å². The molecule has 1 saturated carbocycles. The maximum Gasteiger partial charge on any atom is 0.192 e. The number of allylic oxidation sites excluding steroid dienone is 3. The first kappa shape index (κ1) is 15.5. The standard InChI is InChI=1S/C16H28OSi/c1-8-9-14-12-15(11-10-13(14)2)17-18(6,7)16(3,4)5/h8-9,15H,1-2,10-12H2,3-7H3. The van der Waals surface area contributed by atoms with Crippen molar-refractivity contribution in [3.05, 3.63) is 36.5 Å². The zero-order chi connectivity index (χ0) is 14.0. The lowest BCUT2D eigenvalue weighted by molar-refractivity contribution is 0.164. The van der Waals surface area contributed by atoms with Crippen LogP contribution < -0.4 is 0 Å². The summed E-state index contributed by atoms with van der Waals surface area (Å²) in [6.45, 7) is 19.4. The van der Waals surface area contributed by atoms with Crippen molar-refractivity contribution in [3.8, 4) is 0 Å². The summed E-state index contributed by atoms with van der Waals surface area (Å²) in [5.74, 6) is 0. The van der Waals surface area contributed by atoms with Gasteiger partial charge < -0.3 is 4.43 Å². The van der Waals surface area contributed by atoms with Crippen LogP contribution in [-0.2, 0) is 4.43 Å². The minimum Gasteiger partial charge on any atom is -0.414 e. The van der Waals surface area contributed by atoms with Crippen LogP contribution in [0.3, 0.4) is 0 Å². The van der Waals surface area contributed by atoms with Gasteiger partial charge in [-0.15, -0.1) is 0 Å². The molecule has 0 radical (unpaired) electrons. The van der Waals surface area contributed by atoms with E-state index in [4.69, 9.17) is 4.43 Å². The van der Waals surface area contributed by atoms with Gasteiger partial charge in [0.25, 0.3) is 0 Å². The Labute approximate surface area is 114 Å². The molecule has 0 aromatic carbocycles. The van der Waals surface area contributed by atoms with Gasteiger partial charge in [-0.3, -0.25) is 0 Å². The molecular formula is C16H28OSi. The summed E-state index contributed by atoms with van der Waals surface area (Å²) in [5.41, 5.74) is 2.57. The van der Waals surface area contributed by atoms with Gasteiger partial charge >= 0.3 is 0 Å². The molecule has 1 rings (SSSR count). The van der Waals surface area contributed by atoms with Crippen LogP contribution in [0, 0.1) is 0 Å². The highest BCUT2D eigenvalue weighted by Crippen LogP contribution is 2.40. The molecule has 0 N–H and O–H groups in total. The Bertz CT molecular complexity index is 358. The highest BCUT2D eigenvalue weighted by Gasteiger charge is 2.39. The Hall–Kier alpha value is -0.603. The Morgan fingerprint density at radius 3 is 2.44 bits per heavy atom. The van der Waals surface area contributed by atoms with Crippen LogP contribution in [-0.4, -0.2) is 14.4 Å². The van der Waals surface area contributed by atoms with E-state index in [1.54, 1.807) is 0 Å². The average Bonchev–Trinajstić information content (AvgIpc) is 2.21. The molecule has 0 aromatic heterocycles. The summed E-state index contributed by atoms with van der Waals surface area (Å²) >= 11 is 0. The zero-order valence-corrected chi connectivity index (χ0v) is 13.7. The quantitative estimate of drug-likeness (QED) is 0.634. The summed E-state index contributed by atoms with van der Waals surface area (Å²) in [6, 6.07) is 0. The van der Waals surface area contributed by atoms with Crippen LogP contribution in [0.15, 0.2) is 36.5 Å². The number of hydrogen-bond donors (Lipinski definition) is 0. The van der Waals surface area contributed by atoms with Crippen LogP contribution in [0.25, 0.3) is 0 Å². The van der Waals surface area contributed by atoms with Crippen LogP contribution in [0.5, 0.6) is 0 Å². The van der Waals surface area contributed by atoms with Crippen molar-refractivity contribution in [2.45, 2.75) is 64.3 Å². The molecule has 18 heavy (non-hydrogen) atoms. The lowest BCUT2D eigenvalue weighted by Crippen LogP contribution is -2.44. The van der Waals surface area contributed by atoms with Gasteiger partial charge in [0, 0.05) is 6.10 Å². The Morgan fingerprint density at radius 2 is 1.94 bits per heavy atom. The molecule has 1 unspecified atom stereocenters. The van der Waals surface area contributed by atoms with Crippen molar-refractivity contribution in [3.63, 3.8) is 0 Å². The molecule has 0 heterocycles. The van der Waals surface area contributed by atoms with E-state index in [1.165, 1.54) is 11.1 Å². The SMILES string of the molecule is C=CC=C1CC(O[Si](C)(C)C(C)(C)C)CCC1=C. The molecule has 0 bridgehead atoms. The molecule has 2 heteroatoms. The molecule has 0 saturated heterocycles. The number of hydrogen-bond acceptors (Lipinski definition) is 1. The fraction of sp³-hybridized carbons (Fsp3) is 0.625. The van der Waals surface area contributed by atoms with Gasteiger partial charge in [-0.05, 0) is 43.0 Å². The van der Waals surface area contributed by atoms with Gasteiger partial charge in [0.15, 0.2) is 8.32 Å². The fourth-order valence-electron chi connectivity index (χ4n) is 2.01. The molecule has 1 fully saturated rings. The van der Waals surface area contributed by atoms with Gasteiger partial charge in [-0.1, -0.05) is 51.7 Å². The fourth-order valence-corrected chi connectivity index (χ4v) is 3.40. The predicted molar refractivity (Wildman–Crippen MR) is 83.3 cm³/mol. The first-order valence-corrected chi connectivity index (χ1v) is 9.76. The van der Waals surface area contributed by atoms with Crippen LogP contribution in [0.4, 0.5) is 0 Å². The van der Waals surface area contributed by atoms with Crippen molar-refractivity contribution in [2.75, 3.05) is 0 Å². The molecular weight excluding hydrogens is 236 g/mol. The van der Waals surface area contributed by atoms with Gasteiger partial charge in [-0.2, -0.15) is 0 Å². The summed E-state index contributed by atoms with van der Waals surface area (Å²) < 4.78 is 6.49. The molecule has 1 atom stereocenters. The van der Waals surface area contributed by atoms with E-state index in [0.717, 1.165) is 19.3 Å². The lowest BCUT2D eigenvalue weighted by Gasteiger charge is -2.41. The highest BCUT2D eigenvalue weighted by atomic mass is 28.4. The van der Waals surface area contributed by atoms with Gasteiger partial charge in [0.2, 0.25) is 0 Å². The molecule has 0 aromatic rings. The minimum absolute atomic E-state index is 0.282. The van der Waals surface area contributed by atoms with Crippen molar-refractivity contribution < 1.29 is 4.43 Å². The number of rotatable bonds is 3. The molecule has 1 nitrogen and oxygen atoms in total. The molecule has 102 valence electrons. The van der Waals surface area contributed by atoms with Crippen LogP contribution in [0.2, 0.25) is 18.1 Å². The normalized spacial score (nSPS) is 24.4. The van der Waals surface area contributed by atoms with Crippen molar-refractivity contribution in [2.24, 2.45) is 0 Å². The second-order valence-corrected chi connectivity index (χ2v) is 11.5. The first-order chi connectivity index (χ1) is 8.17. The largest absolute Gasteiger partial charge is 0.414 e. The molecule has 0 amide bonds. The maximum atomic E-state index is 6.49. The second kappa shape index (κ2) is 5.58. The average molecular weight is 264 g/mol. The first-order valence-electron chi connectivity index (χ1n) is 6.85. The van der Waals surface area contributed by atoms with E-state index >= 15 is 0 Å². The summed E-state index contributed by atoms with van der Waals surface area (Å²) in [4.78, 5) is 0. The van der Waals surface area contributed by atoms with Gasteiger partial charge in [-0.25, -0.2) is 0 Å². The molecule has 1 aliphatic rings. The van der Waals surface area contributed by atoms with E-state index in [2.05, 4.69) is 53.1 Å². The molecule has 0 spiro atoms. The Kier molecular flexibility index (Phi) is 4.79. The Balaban J connectivity index is 2.73. The monoisotopic (exact) mass is 264 g/mol. The van der Waals surface area contributed by atoms with Crippen LogP contribution in [0.1, 0.15) is 40.0 Å². The highest BCUT2D eigenvalue weighted by molar-refractivity contribution is 6.74.